The molecule has 0 radical (unpaired) electrons. The third-order valence-electron chi connectivity index (χ3n) is 3.32. The minimum absolute atomic E-state index is 0.215. The predicted octanol–water partition coefficient (Wildman–Crippen LogP) is 3.06. The summed E-state index contributed by atoms with van der Waals surface area (Å²) in [6, 6.07) is 8.69. The Morgan fingerprint density at radius 1 is 1.17 bits per heavy atom. The van der Waals surface area contributed by atoms with E-state index in [-0.39, 0.29) is 12.6 Å². The summed E-state index contributed by atoms with van der Waals surface area (Å²) in [4.78, 5) is 0. The van der Waals surface area contributed by atoms with Crippen molar-refractivity contribution in [2.75, 3.05) is 6.61 Å². The van der Waals surface area contributed by atoms with E-state index in [2.05, 4.69) is 31.2 Å². The standard InChI is InChI=1S/C16H27NO/c1-2-3-4-5-9-16(17)13-15-8-6-7-14(12-15)10-11-18/h6-8,12,16,18H,2-5,9-11,13,17H2,1H3. The molecule has 2 heteroatoms. The summed E-state index contributed by atoms with van der Waals surface area (Å²) >= 11 is 0. The Kier molecular flexibility index (Phi) is 7.70. The van der Waals surface area contributed by atoms with Crippen molar-refractivity contribution in [1.82, 2.24) is 0 Å². The molecule has 1 rings (SSSR count). The molecule has 0 bridgehead atoms. The summed E-state index contributed by atoms with van der Waals surface area (Å²) in [6.45, 7) is 2.44. The molecule has 0 spiro atoms. The molecule has 1 unspecified atom stereocenters. The molecule has 0 aliphatic heterocycles. The van der Waals surface area contributed by atoms with Gasteiger partial charge in [-0.25, -0.2) is 0 Å². The Balaban J connectivity index is 2.34. The van der Waals surface area contributed by atoms with Crippen molar-refractivity contribution in [1.29, 1.82) is 0 Å². The van der Waals surface area contributed by atoms with Crippen LogP contribution < -0.4 is 5.73 Å². The molecule has 0 aliphatic carbocycles. The van der Waals surface area contributed by atoms with Crippen LogP contribution in [-0.2, 0) is 12.8 Å². The van der Waals surface area contributed by atoms with Crippen LogP contribution in [0.1, 0.15) is 50.2 Å². The lowest BCUT2D eigenvalue weighted by molar-refractivity contribution is 0.299. The maximum Gasteiger partial charge on any atom is 0.0471 e. The van der Waals surface area contributed by atoms with Gasteiger partial charge in [-0.3, -0.25) is 0 Å². The molecule has 0 fully saturated rings. The molecule has 1 atom stereocenters. The number of unbranched alkanes of at least 4 members (excludes halogenated alkanes) is 3. The maximum atomic E-state index is 8.93. The Morgan fingerprint density at radius 2 is 1.94 bits per heavy atom. The zero-order valence-corrected chi connectivity index (χ0v) is 11.6. The first-order valence-corrected chi connectivity index (χ1v) is 7.20. The molecular weight excluding hydrogens is 222 g/mol. The average Bonchev–Trinajstić information content (AvgIpc) is 2.35. The zero-order chi connectivity index (χ0) is 13.2. The van der Waals surface area contributed by atoms with Gasteiger partial charge in [-0.1, -0.05) is 56.9 Å². The lowest BCUT2D eigenvalue weighted by Gasteiger charge is -2.12. The van der Waals surface area contributed by atoms with Crippen LogP contribution >= 0.6 is 0 Å². The van der Waals surface area contributed by atoms with Crippen LogP contribution in [-0.4, -0.2) is 17.8 Å². The van der Waals surface area contributed by atoms with Crippen LogP contribution in [0.15, 0.2) is 24.3 Å². The fourth-order valence-electron chi connectivity index (χ4n) is 2.28. The number of aliphatic hydroxyl groups is 1. The first-order valence-electron chi connectivity index (χ1n) is 7.20. The van der Waals surface area contributed by atoms with Gasteiger partial charge >= 0.3 is 0 Å². The largest absolute Gasteiger partial charge is 0.396 e. The highest BCUT2D eigenvalue weighted by Crippen LogP contribution is 2.11. The first kappa shape index (κ1) is 15.2. The van der Waals surface area contributed by atoms with Gasteiger partial charge < -0.3 is 10.8 Å². The lowest BCUT2D eigenvalue weighted by atomic mass is 9.99. The summed E-state index contributed by atoms with van der Waals surface area (Å²) in [5, 5.41) is 8.93. The van der Waals surface area contributed by atoms with E-state index in [1.54, 1.807) is 0 Å². The molecule has 1 aromatic rings. The highest BCUT2D eigenvalue weighted by Gasteiger charge is 2.04. The Bertz CT molecular complexity index is 325. The third kappa shape index (κ3) is 6.18. The van der Waals surface area contributed by atoms with E-state index in [9.17, 15) is 0 Å². The van der Waals surface area contributed by atoms with E-state index in [4.69, 9.17) is 10.8 Å². The van der Waals surface area contributed by atoms with Gasteiger partial charge in [-0.15, -0.1) is 0 Å². The molecule has 3 N–H and O–H groups in total. The van der Waals surface area contributed by atoms with Crippen molar-refractivity contribution in [2.45, 2.75) is 57.9 Å². The lowest BCUT2D eigenvalue weighted by Crippen LogP contribution is -2.22. The average molecular weight is 249 g/mol. The van der Waals surface area contributed by atoms with Crippen LogP contribution in [0.2, 0.25) is 0 Å². The van der Waals surface area contributed by atoms with E-state index in [0.29, 0.717) is 0 Å². The van der Waals surface area contributed by atoms with E-state index in [0.717, 1.165) is 19.3 Å². The smallest absolute Gasteiger partial charge is 0.0471 e. The molecule has 18 heavy (non-hydrogen) atoms. The number of nitrogens with two attached hydrogens (primary N) is 1. The number of hydrogen-bond donors (Lipinski definition) is 2. The number of rotatable bonds is 9. The number of benzene rings is 1. The van der Waals surface area contributed by atoms with Gasteiger partial charge in [0.1, 0.15) is 0 Å². The monoisotopic (exact) mass is 249 g/mol. The number of aliphatic hydroxyl groups excluding tert-OH is 1. The second-order valence-corrected chi connectivity index (χ2v) is 5.11. The van der Waals surface area contributed by atoms with E-state index in [1.165, 1.54) is 36.8 Å². The van der Waals surface area contributed by atoms with E-state index < -0.39 is 0 Å². The predicted molar refractivity (Wildman–Crippen MR) is 77.7 cm³/mol. The van der Waals surface area contributed by atoms with Crippen LogP contribution in [0.25, 0.3) is 0 Å². The molecule has 1 aromatic carbocycles. The Morgan fingerprint density at radius 3 is 2.67 bits per heavy atom. The van der Waals surface area contributed by atoms with Gasteiger partial charge in [0.25, 0.3) is 0 Å². The van der Waals surface area contributed by atoms with Gasteiger partial charge in [0, 0.05) is 12.6 Å². The van der Waals surface area contributed by atoms with E-state index in [1.807, 2.05) is 0 Å². The van der Waals surface area contributed by atoms with Crippen molar-refractivity contribution >= 4 is 0 Å². The van der Waals surface area contributed by atoms with Gasteiger partial charge in [0.05, 0.1) is 0 Å². The molecule has 102 valence electrons. The Labute approximate surface area is 111 Å². The van der Waals surface area contributed by atoms with Gasteiger partial charge in [0.2, 0.25) is 0 Å². The van der Waals surface area contributed by atoms with Gasteiger partial charge in [-0.2, -0.15) is 0 Å². The second-order valence-electron chi connectivity index (χ2n) is 5.11. The minimum atomic E-state index is 0.215. The van der Waals surface area contributed by atoms with Gasteiger partial charge in [-0.05, 0) is 30.4 Å². The topological polar surface area (TPSA) is 46.2 Å². The fourth-order valence-corrected chi connectivity index (χ4v) is 2.28. The third-order valence-corrected chi connectivity index (χ3v) is 3.32. The van der Waals surface area contributed by atoms with Crippen molar-refractivity contribution in [3.05, 3.63) is 35.4 Å². The molecule has 0 aromatic heterocycles. The highest BCUT2D eigenvalue weighted by atomic mass is 16.2. The maximum absolute atomic E-state index is 8.93. The van der Waals surface area contributed by atoms with Crippen molar-refractivity contribution in [3.63, 3.8) is 0 Å². The summed E-state index contributed by atoms with van der Waals surface area (Å²) in [6.07, 6.45) is 7.94. The van der Waals surface area contributed by atoms with Gasteiger partial charge in [0.15, 0.2) is 0 Å². The van der Waals surface area contributed by atoms with Crippen molar-refractivity contribution in [2.24, 2.45) is 5.73 Å². The summed E-state index contributed by atoms with van der Waals surface area (Å²) in [7, 11) is 0. The first-order chi connectivity index (χ1) is 8.76. The molecule has 0 aliphatic rings. The second kappa shape index (κ2) is 9.12. The molecule has 0 saturated heterocycles. The van der Waals surface area contributed by atoms with Crippen molar-refractivity contribution in [3.8, 4) is 0 Å². The Hall–Kier alpha value is -0.860. The minimum Gasteiger partial charge on any atom is -0.396 e. The highest BCUT2D eigenvalue weighted by molar-refractivity contribution is 5.24. The summed E-state index contributed by atoms with van der Waals surface area (Å²) in [5.41, 5.74) is 8.66. The molecule has 0 amide bonds. The van der Waals surface area contributed by atoms with Crippen molar-refractivity contribution < 1.29 is 5.11 Å². The SMILES string of the molecule is CCCCCCC(N)Cc1cccc(CCO)c1. The van der Waals surface area contributed by atoms with E-state index >= 15 is 0 Å². The van der Waals surface area contributed by atoms with Crippen LogP contribution in [0.3, 0.4) is 0 Å². The normalized spacial score (nSPS) is 12.6. The summed E-state index contributed by atoms with van der Waals surface area (Å²) in [5.74, 6) is 0. The molecular formula is C16H27NO. The quantitative estimate of drug-likeness (QED) is 0.661. The molecule has 2 nitrogen and oxygen atoms in total. The molecule has 0 saturated carbocycles. The summed E-state index contributed by atoms with van der Waals surface area (Å²) < 4.78 is 0. The van der Waals surface area contributed by atoms with Crippen LogP contribution in [0, 0.1) is 0 Å². The zero-order valence-electron chi connectivity index (χ0n) is 11.6. The number of hydrogen-bond acceptors (Lipinski definition) is 2. The fraction of sp³-hybridized carbons (Fsp3) is 0.625. The van der Waals surface area contributed by atoms with Crippen LogP contribution in [0.5, 0.6) is 0 Å². The van der Waals surface area contributed by atoms with Crippen LogP contribution in [0.4, 0.5) is 0 Å². The molecule has 0 heterocycles.